The molecule has 2 rings (SSSR count). The van der Waals surface area contributed by atoms with E-state index < -0.39 is 10.0 Å². The molecule has 6 heteroatoms. The maximum Gasteiger partial charge on any atom is 0.240 e. The second-order valence-electron chi connectivity index (χ2n) is 5.91. The molecule has 1 atom stereocenters. The van der Waals surface area contributed by atoms with Gasteiger partial charge >= 0.3 is 0 Å². The molecule has 0 aromatic heterocycles. The Bertz CT molecular complexity index is 572. The van der Waals surface area contributed by atoms with Crippen molar-refractivity contribution in [3.8, 4) is 0 Å². The average molecular weight is 317 g/mol. The Hall–Kier alpha value is -0.620. The Morgan fingerprint density at radius 3 is 2.85 bits per heavy atom. The number of hydrogen-bond acceptors (Lipinski definition) is 3. The molecule has 0 saturated carbocycles. The zero-order chi connectivity index (χ0) is 14.8. The minimum absolute atomic E-state index is 0.0924. The van der Waals surface area contributed by atoms with Crippen LogP contribution in [0.5, 0.6) is 0 Å². The number of benzene rings is 1. The van der Waals surface area contributed by atoms with Gasteiger partial charge in [-0.05, 0) is 43.0 Å². The van der Waals surface area contributed by atoms with Crippen LogP contribution in [-0.4, -0.2) is 27.5 Å². The van der Waals surface area contributed by atoms with Gasteiger partial charge in [-0.2, -0.15) is 0 Å². The summed E-state index contributed by atoms with van der Waals surface area (Å²) in [4.78, 5) is 0.207. The van der Waals surface area contributed by atoms with Crippen molar-refractivity contribution in [1.82, 2.24) is 10.0 Å². The van der Waals surface area contributed by atoms with Gasteiger partial charge in [-0.1, -0.05) is 31.5 Å². The highest BCUT2D eigenvalue weighted by Gasteiger charge is 2.32. The minimum Gasteiger partial charge on any atom is -0.312 e. The zero-order valence-corrected chi connectivity index (χ0v) is 13.4. The molecular weight excluding hydrogens is 296 g/mol. The smallest absolute Gasteiger partial charge is 0.240 e. The quantitative estimate of drug-likeness (QED) is 0.896. The van der Waals surface area contributed by atoms with E-state index in [0.29, 0.717) is 11.6 Å². The average Bonchev–Trinajstić information content (AvgIpc) is 2.37. The molecule has 1 heterocycles. The van der Waals surface area contributed by atoms with Crippen LogP contribution in [0.2, 0.25) is 5.02 Å². The molecule has 4 nitrogen and oxygen atoms in total. The van der Waals surface area contributed by atoms with E-state index in [1.165, 1.54) is 6.07 Å². The van der Waals surface area contributed by atoms with E-state index in [1.807, 2.05) is 0 Å². The van der Waals surface area contributed by atoms with Crippen LogP contribution in [0.1, 0.15) is 26.7 Å². The summed E-state index contributed by atoms with van der Waals surface area (Å²) in [6.45, 7) is 5.66. The highest BCUT2D eigenvalue weighted by atomic mass is 35.5. The molecule has 0 aliphatic carbocycles. The first-order valence-corrected chi connectivity index (χ1v) is 8.66. The lowest BCUT2D eigenvalue weighted by atomic mass is 9.78. The Morgan fingerprint density at radius 2 is 2.20 bits per heavy atom. The van der Waals surface area contributed by atoms with Crippen LogP contribution >= 0.6 is 11.6 Å². The SMILES string of the molecule is CC1(C)CCCNC1CNS(=O)(=O)c1cccc(Cl)c1. The van der Waals surface area contributed by atoms with Gasteiger partial charge in [0.15, 0.2) is 0 Å². The summed E-state index contributed by atoms with van der Waals surface area (Å²) in [5.74, 6) is 0. The molecule has 2 N–H and O–H groups in total. The van der Waals surface area contributed by atoms with Crippen molar-refractivity contribution in [2.75, 3.05) is 13.1 Å². The number of halogens is 1. The van der Waals surface area contributed by atoms with Gasteiger partial charge < -0.3 is 5.32 Å². The fraction of sp³-hybridized carbons (Fsp3) is 0.571. The van der Waals surface area contributed by atoms with Crippen molar-refractivity contribution in [2.45, 2.75) is 37.6 Å². The molecule has 1 aliphatic heterocycles. The molecule has 112 valence electrons. The number of sulfonamides is 1. The van der Waals surface area contributed by atoms with E-state index in [2.05, 4.69) is 23.9 Å². The summed E-state index contributed by atoms with van der Waals surface area (Å²) in [5.41, 5.74) is 0.0924. The molecule has 1 saturated heterocycles. The van der Waals surface area contributed by atoms with Crippen LogP contribution in [0.25, 0.3) is 0 Å². The van der Waals surface area contributed by atoms with E-state index in [4.69, 9.17) is 11.6 Å². The van der Waals surface area contributed by atoms with Crippen LogP contribution in [0.15, 0.2) is 29.2 Å². The van der Waals surface area contributed by atoms with Gasteiger partial charge in [-0.15, -0.1) is 0 Å². The number of rotatable bonds is 4. The lowest BCUT2D eigenvalue weighted by Gasteiger charge is -2.39. The van der Waals surface area contributed by atoms with Crippen LogP contribution in [0.4, 0.5) is 0 Å². The first-order chi connectivity index (χ1) is 9.31. The van der Waals surface area contributed by atoms with Crippen molar-refractivity contribution in [3.63, 3.8) is 0 Å². The normalized spacial score (nSPS) is 22.6. The summed E-state index contributed by atoms with van der Waals surface area (Å²) in [6, 6.07) is 6.45. The van der Waals surface area contributed by atoms with Crippen LogP contribution in [-0.2, 0) is 10.0 Å². The van der Waals surface area contributed by atoms with Gasteiger partial charge in [0.05, 0.1) is 4.90 Å². The van der Waals surface area contributed by atoms with Crippen LogP contribution in [0.3, 0.4) is 0 Å². The lowest BCUT2D eigenvalue weighted by molar-refractivity contribution is 0.181. The summed E-state index contributed by atoms with van der Waals surface area (Å²) in [5, 5.41) is 3.81. The summed E-state index contributed by atoms with van der Waals surface area (Å²) in [6.07, 6.45) is 2.23. The molecule has 1 fully saturated rings. The highest BCUT2D eigenvalue weighted by Crippen LogP contribution is 2.29. The number of nitrogens with one attached hydrogen (secondary N) is 2. The van der Waals surface area contributed by atoms with Gasteiger partial charge in [0.2, 0.25) is 10.0 Å². The molecule has 1 unspecified atom stereocenters. The van der Waals surface area contributed by atoms with E-state index in [-0.39, 0.29) is 16.4 Å². The molecular formula is C14H21ClN2O2S. The molecule has 1 aromatic carbocycles. The standard InChI is InChI=1S/C14H21ClN2O2S/c1-14(2)7-4-8-16-13(14)10-17-20(18,19)12-6-3-5-11(15)9-12/h3,5-6,9,13,16-17H,4,7-8,10H2,1-2H3. The molecule has 1 aromatic rings. The van der Waals surface area contributed by atoms with Crippen molar-refractivity contribution in [2.24, 2.45) is 5.41 Å². The van der Waals surface area contributed by atoms with Gasteiger partial charge in [0, 0.05) is 17.6 Å². The van der Waals surface area contributed by atoms with E-state index in [0.717, 1.165) is 19.4 Å². The van der Waals surface area contributed by atoms with Crippen molar-refractivity contribution in [1.29, 1.82) is 0 Å². The topological polar surface area (TPSA) is 58.2 Å². The monoisotopic (exact) mass is 316 g/mol. The maximum atomic E-state index is 12.2. The Balaban J connectivity index is 2.06. The molecule has 1 aliphatic rings. The molecule has 0 bridgehead atoms. The Morgan fingerprint density at radius 1 is 1.45 bits per heavy atom. The summed E-state index contributed by atoms with van der Waals surface area (Å²) < 4.78 is 27.2. The van der Waals surface area contributed by atoms with Crippen molar-refractivity contribution in [3.05, 3.63) is 29.3 Å². The van der Waals surface area contributed by atoms with Gasteiger partial charge in [-0.25, -0.2) is 13.1 Å². The second-order valence-corrected chi connectivity index (χ2v) is 8.11. The predicted molar refractivity (Wildman–Crippen MR) is 81.4 cm³/mol. The van der Waals surface area contributed by atoms with E-state index in [9.17, 15) is 8.42 Å². The minimum atomic E-state index is -3.51. The fourth-order valence-corrected chi connectivity index (χ4v) is 3.88. The number of piperidine rings is 1. The zero-order valence-electron chi connectivity index (χ0n) is 11.8. The highest BCUT2D eigenvalue weighted by molar-refractivity contribution is 7.89. The molecule has 0 amide bonds. The fourth-order valence-electron chi connectivity index (χ4n) is 2.53. The predicted octanol–water partition coefficient (Wildman–Crippen LogP) is 2.40. The molecule has 0 spiro atoms. The largest absolute Gasteiger partial charge is 0.312 e. The van der Waals surface area contributed by atoms with Gasteiger partial charge in [0.1, 0.15) is 0 Å². The first kappa shape index (κ1) is 15.8. The van der Waals surface area contributed by atoms with Crippen LogP contribution in [0, 0.1) is 5.41 Å². The summed E-state index contributed by atoms with van der Waals surface area (Å²) in [7, 11) is -3.51. The lowest BCUT2D eigenvalue weighted by Crippen LogP contribution is -2.52. The molecule has 20 heavy (non-hydrogen) atoms. The third-order valence-electron chi connectivity index (χ3n) is 3.92. The van der Waals surface area contributed by atoms with E-state index in [1.54, 1.807) is 18.2 Å². The Kier molecular flexibility index (Phi) is 4.74. The first-order valence-electron chi connectivity index (χ1n) is 6.80. The number of hydrogen-bond donors (Lipinski definition) is 2. The second kappa shape index (κ2) is 6.02. The maximum absolute atomic E-state index is 12.2. The Labute approximate surface area is 126 Å². The van der Waals surface area contributed by atoms with Gasteiger partial charge in [0.25, 0.3) is 0 Å². The van der Waals surface area contributed by atoms with E-state index >= 15 is 0 Å². The molecule has 0 radical (unpaired) electrons. The van der Waals surface area contributed by atoms with Gasteiger partial charge in [-0.3, -0.25) is 0 Å². The third-order valence-corrected chi connectivity index (χ3v) is 5.57. The van der Waals surface area contributed by atoms with Crippen molar-refractivity contribution >= 4 is 21.6 Å². The summed E-state index contributed by atoms with van der Waals surface area (Å²) >= 11 is 5.84. The van der Waals surface area contributed by atoms with Crippen molar-refractivity contribution < 1.29 is 8.42 Å². The third kappa shape index (κ3) is 3.73. The van der Waals surface area contributed by atoms with Crippen LogP contribution < -0.4 is 10.0 Å².